The molecule has 0 aromatic heterocycles. The molecule has 5 heteroatoms. The van der Waals surface area contributed by atoms with Crippen LogP contribution in [0.15, 0.2) is 53.1 Å². The van der Waals surface area contributed by atoms with E-state index in [2.05, 4.69) is 23.1 Å². The predicted molar refractivity (Wildman–Crippen MR) is 114 cm³/mol. The molecule has 3 heterocycles. The molecule has 0 bridgehead atoms. The molecule has 3 aliphatic rings. The first kappa shape index (κ1) is 18.9. The monoisotopic (exact) mass is 384 g/mol. The quantitative estimate of drug-likeness (QED) is 0.736. The molecule has 0 aliphatic carbocycles. The van der Waals surface area contributed by atoms with Gasteiger partial charge in [-0.05, 0) is 66.7 Å². The van der Waals surface area contributed by atoms with Gasteiger partial charge in [-0.25, -0.2) is 0 Å². The van der Waals surface area contributed by atoms with Crippen LogP contribution in [0.25, 0.3) is 6.08 Å². The van der Waals surface area contributed by atoms with Gasteiger partial charge >= 0.3 is 0 Å². The van der Waals surface area contributed by atoms with Crippen LogP contribution in [0, 0.1) is 22.7 Å². The van der Waals surface area contributed by atoms with E-state index in [1.807, 2.05) is 37.2 Å². The van der Waals surface area contributed by atoms with Crippen molar-refractivity contribution >= 4 is 11.8 Å². The molecule has 0 radical (unpaired) electrons. The van der Waals surface area contributed by atoms with Crippen LogP contribution in [0.2, 0.25) is 0 Å². The number of allylic oxidation sites excluding steroid dienone is 5. The van der Waals surface area contributed by atoms with E-state index < -0.39 is 0 Å². The first-order valence-corrected chi connectivity index (χ1v) is 10.0. The molecule has 0 fully saturated rings. The van der Waals surface area contributed by atoms with Crippen molar-refractivity contribution in [3.05, 3.63) is 69.8 Å². The molecule has 1 aromatic carbocycles. The third-order valence-corrected chi connectivity index (χ3v) is 5.55. The maximum atomic E-state index is 9.23. The molecule has 4 rings (SSSR count). The molecule has 3 aliphatic heterocycles. The standard InChI is InChI=1S/C24H24N4O/c1-27(2)23-14-20(21(15-25)16-26)13-22(29-23)8-7-17-11-18-5-3-9-28-10-4-6-19(12-17)24(18)28/h7-8,11-14H,3-6,9-10H2,1-2H3/b8-7+. The smallest absolute Gasteiger partial charge is 0.196 e. The highest BCUT2D eigenvalue weighted by atomic mass is 16.5. The van der Waals surface area contributed by atoms with Gasteiger partial charge in [0.25, 0.3) is 0 Å². The summed E-state index contributed by atoms with van der Waals surface area (Å²) in [7, 11) is 3.74. The highest BCUT2D eigenvalue weighted by Crippen LogP contribution is 2.36. The highest BCUT2D eigenvalue weighted by Gasteiger charge is 2.23. The first-order valence-electron chi connectivity index (χ1n) is 10.0. The lowest BCUT2D eigenvalue weighted by molar-refractivity contribution is 0.211. The Hall–Kier alpha value is -3.44. The van der Waals surface area contributed by atoms with E-state index >= 15 is 0 Å². The second-order valence-corrected chi connectivity index (χ2v) is 7.79. The molecule has 0 amide bonds. The van der Waals surface area contributed by atoms with Crippen LogP contribution in [-0.2, 0) is 17.6 Å². The minimum Gasteiger partial charge on any atom is -0.441 e. The number of anilines is 1. The van der Waals surface area contributed by atoms with E-state index in [4.69, 9.17) is 4.74 Å². The van der Waals surface area contributed by atoms with Crippen molar-refractivity contribution < 1.29 is 4.74 Å². The maximum absolute atomic E-state index is 9.23. The highest BCUT2D eigenvalue weighted by molar-refractivity contribution is 5.68. The molecule has 0 atom stereocenters. The largest absolute Gasteiger partial charge is 0.441 e. The molecule has 1 aromatic rings. The zero-order chi connectivity index (χ0) is 20.4. The second-order valence-electron chi connectivity index (χ2n) is 7.79. The number of nitriles is 2. The van der Waals surface area contributed by atoms with Gasteiger partial charge in [0.05, 0.1) is 0 Å². The van der Waals surface area contributed by atoms with E-state index in [-0.39, 0.29) is 5.57 Å². The summed E-state index contributed by atoms with van der Waals surface area (Å²) in [6.45, 7) is 2.34. The summed E-state index contributed by atoms with van der Waals surface area (Å²) in [5.41, 5.74) is 6.16. The summed E-state index contributed by atoms with van der Waals surface area (Å²) < 4.78 is 5.94. The number of benzene rings is 1. The van der Waals surface area contributed by atoms with Gasteiger partial charge in [0.2, 0.25) is 0 Å². The number of hydrogen-bond donors (Lipinski definition) is 0. The van der Waals surface area contributed by atoms with Gasteiger partial charge in [-0.2, -0.15) is 10.5 Å². The molecule has 146 valence electrons. The SMILES string of the molecule is CN(C)C1=CC(=C(C#N)C#N)C=C(/C=C/c2cc3c4c(c2)CCCN4CCC3)O1. The van der Waals surface area contributed by atoms with Gasteiger partial charge in [0, 0.05) is 44.5 Å². The van der Waals surface area contributed by atoms with Crippen molar-refractivity contribution in [2.24, 2.45) is 0 Å². The number of hydrogen-bond acceptors (Lipinski definition) is 5. The lowest BCUT2D eigenvalue weighted by atomic mass is 9.90. The summed E-state index contributed by atoms with van der Waals surface area (Å²) in [5, 5.41) is 18.5. The van der Waals surface area contributed by atoms with Crippen LogP contribution < -0.4 is 4.90 Å². The molecular weight excluding hydrogens is 360 g/mol. The Morgan fingerprint density at radius 1 is 1.03 bits per heavy atom. The van der Waals surface area contributed by atoms with Crippen molar-refractivity contribution in [3.63, 3.8) is 0 Å². The van der Waals surface area contributed by atoms with Crippen LogP contribution in [0.1, 0.15) is 29.5 Å². The van der Waals surface area contributed by atoms with Crippen LogP contribution in [-0.4, -0.2) is 32.1 Å². The fourth-order valence-electron chi connectivity index (χ4n) is 4.21. The average Bonchev–Trinajstić information content (AvgIpc) is 2.73. The van der Waals surface area contributed by atoms with Gasteiger partial charge in [-0.1, -0.05) is 6.08 Å². The van der Waals surface area contributed by atoms with Crippen LogP contribution >= 0.6 is 0 Å². The molecule has 0 spiro atoms. The Labute approximate surface area is 172 Å². The fraction of sp³-hybridized carbons (Fsp3) is 0.333. The molecule has 29 heavy (non-hydrogen) atoms. The number of aryl methyl sites for hydroxylation is 2. The summed E-state index contributed by atoms with van der Waals surface area (Å²) >= 11 is 0. The van der Waals surface area contributed by atoms with Crippen molar-refractivity contribution in [2.75, 3.05) is 32.1 Å². The van der Waals surface area contributed by atoms with E-state index in [9.17, 15) is 10.5 Å². The normalized spacial score (nSPS) is 17.5. The first-order chi connectivity index (χ1) is 14.1. The lowest BCUT2D eigenvalue weighted by Crippen LogP contribution is -2.34. The second kappa shape index (κ2) is 7.89. The van der Waals surface area contributed by atoms with E-state index in [1.165, 1.54) is 48.3 Å². The Bertz CT molecular complexity index is 997. The number of nitrogens with zero attached hydrogens (tertiary/aromatic N) is 4. The molecular formula is C24H24N4O. The molecule has 0 N–H and O–H groups in total. The van der Waals surface area contributed by atoms with Crippen molar-refractivity contribution in [2.45, 2.75) is 25.7 Å². The Balaban J connectivity index is 1.66. The summed E-state index contributed by atoms with van der Waals surface area (Å²) in [6.07, 6.45) is 12.1. The molecule has 0 saturated heterocycles. The van der Waals surface area contributed by atoms with E-state index in [0.29, 0.717) is 17.2 Å². The Morgan fingerprint density at radius 2 is 1.69 bits per heavy atom. The average molecular weight is 384 g/mol. The minimum absolute atomic E-state index is 0.0804. The minimum atomic E-state index is 0.0804. The molecule has 0 saturated carbocycles. The van der Waals surface area contributed by atoms with Crippen molar-refractivity contribution in [1.29, 1.82) is 10.5 Å². The molecule has 0 unspecified atom stereocenters. The Kier molecular flexibility index (Phi) is 5.14. The maximum Gasteiger partial charge on any atom is 0.196 e. The zero-order valence-corrected chi connectivity index (χ0v) is 16.9. The Morgan fingerprint density at radius 3 is 2.28 bits per heavy atom. The predicted octanol–water partition coefficient (Wildman–Crippen LogP) is 4.06. The zero-order valence-electron chi connectivity index (χ0n) is 16.9. The number of rotatable bonds is 3. The van der Waals surface area contributed by atoms with Crippen LogP contribution in [0.3, 0.4) is 0 Å². The number of ether oxygens (including phenoxy) is 1. The third kappa shape index (κ3) is 3.77. The van der Waals surface area contributed by atoms with Gasteiger partial charge < -0.3 is 14.5 Å². The van der Waals surface area contributed by atoms with Gasteiger partial charge in [-0.15, -0.1) is 0 Å². The summed E-state index contributed by atoms with van der Waals surface area (Å²) in [4.78, 5) is 4.36. The van der Waals surface area contributed by atoms with Crippen molar-refractivity contribution in [3.8, 4) is 12.1 Å². The van der Waals surface area contributed by atoms with E-state index in [0.717, 1.165) is 12.8 Å². The van der Waals surface area contributed by atoms with Crippen LogP contribution in [0.4, 0.5) is 5.69 Å². The van der Waals surface area contributed by atoms with E-state index in [1.54, 1.807) is 12.2 Å². The summed E-state index contributed by atoms with van der Waals surface area (Å²) in [5.74, 6) is 1.21. The topological polar surface area (TPSA) is 63.3 Å². The summed E-state index contributed by atoms with van der Waals surface area (Å²) in [6, 6.07) is 8.49. The van der Waals surface area contributed by atoms with Gasteiger partial charge in [0.1, 0.15) is 23.5 Å². The van der Waals surface area contributed by atoms with Gasteiger partial charge in [-0.3, -0.25) is 0 Å². The third-order valence-electron chi connectivity index (χ3n) is 5.55. The lowest BCUT2D eigenvalue weighted by Gasteiger charge is -2.37. The molecule has 5 nitrogen and oxygen atoms in total. The van der Waals surface area contributed by atoms with Crippen molar-refractivity contribution in [1.82, 2.24) is 4.90 Å². The van der Waals surface area contributed by atoms with Gasteiger partial charge in [0.15, 0.2) is 5.88 Å². The fourth-order valence-corrected chi connectivity index (χ4v) is 4.21. The van der Waals surface area contributed by atoms with Crippen LogP contribution in [0.5, 0.6) is 0 Å².